The van der Waals surface area contributed by atoms with E-state index in [-0.39, 0.29) is 29.8 Å². The zero-order valence-corrected chi connectivity index (χ0v) is 18.1. The Kier molecular flexibility index (Phi) is 6.04. The van der Waals surface area contributed by atoms with Gasteiger partial charge in [0.25, 0.3) is 0 Å². The summed E-state index contributed by atoms with van der Waals surface area (Å²) in [7, 11) is 0. The van der Waals surface area contributed by atoms with Crippen molar-refractivity contribution in [3.63, 3.8) is 0 Å². The number of carbonyl (C=O) groups excluding carboxylic acids is 1. The van der Waals surface area contributed by atoms with Crippen molar-refractivity contribution in [2.75, 3.05) is 10.7 Å². The first-order valence-electron chi connectivity index (χ1n) is 9.18. The van der Waals surface area contributed by atoms with Crippen LogP contribution in [0.1, 0.15) is 12.7 Å². The molecule has 8 nitrogen and oxygen atoms in total. The Morgan fingerprint density at radius 1 is 1.34 bits per heavy atom. The van der Waals surface area contributed by atoms with Crippen molar-refractivity contribution in [2.45, 2.75) is 25.7 Å². The highest BCUT2D eigenvalue weighted by atomic mass is 79.9. The third-order valence-corrected chi connectivity index (χ3v) is 6.27. The third kappa shape index (κ3) is 4.40. The van der Waals surface area contributed by atoms with Crippen molar-refractivity contribution < 1.29 is 9.21 Å². The van der Waals surface area contributed by atoms with E-state index in [0.717, 1.165) is 10.2 Å². The van der Waals surface area contributed by atoms with Crippen LogP contribution in [0.3, 0.4) is 0 Å². The maximum atomic E-state index is 12.3. The number of anilines is 1. The Balaban J connectivity index is 1.50. The maximum absolute atomic E-state index is 12.3. The van der Waals surface area contributed by atoms with Gasteiger partial charge in [-0.05, 0) is 43.3 Å². The van der Waals surface area contributed by atoms with Crippen LogP contribution in [-0.4, -0.2) is 34.9 Å². The molecule has 1 aromatic heterocycles. The van der Waals surface area contributed by atoms with Gasteiger partial charge in [0.2, 0.25) is 5.91 Å². The minimum absolute atomic E-state index is 0.0809. The van der Waals surface area contributed by atoms with Crippen molar-refractivity contribution in [1.29, 1.82) is 5.41 Å². The SMILES string of the molecule is CC1NNC2N=C(SCC(=O)NCc3ccco3)N(c3ccc(Br)cc3)C(=N)C12. The first-order valence-corrected chi connectivity index (χ1v) is 11.0. The van der Waals surface area contributed by atoms with E-state index < -0.39 is 0 Å². The number of carbonyl (C=O) groups is 1. The molecule has 4 rings (SSSR count). The second kappa shape index (κ2) is 8.70. The van der Waals surface area contributed by atoms with Crippen LogP contribution in [0, 0.1) is 11.3 Å². The first kappa shape index (κ1) is 20.1. The molecule has 0 bridgehead atoms. The van der Waals surface area contributed by atoms with Crippen LogP contribution >= 0.6 is 27.7 Å². The maximum Gasteiger partial charge on any atom is 0.230 e. The number of nitrogens with one attached hydrogen (secondary N) is 4. The molecule has 0 radical (unpaired) electrons. The number of amides is 1. The minimum atomic E-state index is -0.224. The normalized spacial score (nSPS) is 23.7. The van der Waals surface area contributed by atoms with Crippen LogP contribution in [0.4, 0.5) is 5.69 Å². The zero-order chi connectivity index (χ0) is 20.4. The lowest BCUT2D eigenvalue weighted by Gasteiger charge is -2.35. The lowest BCUT2D eigenvalue weighted by Crippen LogP contribution is -2.50. The van der Waals surface area contributed by atoms with Crippen LogP contribution < -0.4 is 21.1 Å². The topological polar surface area (TPSA) is 106 Å². The number of fused-ring (bicyclic) bond motifs is 1. The fourth-order valence-corrected chi connectivity index (χ4v) is 4.47. The van der Waals surface area contributed by atoms with Gasteiger partial charge in [0.15, 0.2) is 5.17 Å². The van der Waals surface area contributed by atoms with E-state index in [1.807, 2.05) is 42.2 Å². The summed E-state index contributed by atoms with van der Waals surface area (Å²) in [5, 5.41) is 12.3. The summed E-state index contributed by atoms with van der Waals surface area (Å²) in [6, 6.07) is 11.4. The Hall–Kier alpha value is -2.14. The van der Waals surface area contributed by atoms with Crippen LogP contribution in [0.25, 0.3) is 0 Å². The lowest BCUT2D eigenvalue weighted by atomic mass is 9.97. The smallest absolute Gasteiger partial charge is 0.230 e. The van der Waals surface area contributed by atoms with E-state index in [2.05, 4.69) is 32.1 Å². The molecule has 1 amide bonds. The molecule has 3 heterocycles. The second-order valence-corrected chi connectivity index (χ2v) is 8.66. The van der Waals surface area contributed by atoms with Gasteiger partial charge in [-0.15, -0.1) is 0 Å². The van der Waals surface area contributed by atoms with E-state index in [0.29, 0.717) is 23.3 Å². The molecule has 0 saturated carbocycles. The molecule has 1 saturated heterocycles. The van der Waals surface area contributed by atoms with E-state index in [9.17, 15) is 4.79 Å². The summed E-state index contributed by atoms with van der Waals surface area (Å²) in [4.78, 5) is 18.9. The molecule has 2 aliphatic rings. The van der Waals surface area contributed by atoms with Crippen molar-refractivity contribution in [3.05, 3.63) is 52.9 Å². The van der Waals surface area contributed by atoms with Gasteiger partial charge in [0, 0.05) is 16.2 Å². The van der Waals surface area contributed by atoms with Gasteiger partial charge < -0.3 is 9.73 Å². The van der Waals surface area contributed by atoms with Crippen LogP contribution in [0.15, 0.2) is 56.5 Å². The average Bonchev–Trinajstić information content (AvgIpc) is 3.36. The van der Waals surface area contributed by atoms with Gasteiger partial charge >= 0.3 is 0 Å². The summed E-state index contributed by atoms with van der Waals surface area (Å²) >= 11 is 4.77. The van der Waals surface area contributed by atoms with E-state index in [1.54, 1.807) is 12.3 Å². The molecular weight excluding hydrogens is 456 g/mol. The van der Waals surface area contributed by atoms with Crippen molar-refractivity contribution in [3.8, 4) is 0 Å². The Morgan fingerprint density at radius 2 is 2.14 bits per heavy atom. The van der Waals surface area contributed by atoms with E-state index in [1.165, 1.54) is 11.8 Å². The quantitative estimate of drug-likeness (QED) is 0.528. The average molecular weight is 477 g/mol. The predicted molar refractivity (Wildman–Crippen MR) is 118 cm³/mol. The molecule has 29 heavy (non-hydrogen) atoms. The second-order valence-electron chi connectivity index (χ2n) is 6.80. The Morgan fingerprint density at radius 3 is 2.86 bits per heavy atom. The first-order chi connectivity index (χ1) is 14.0. The summed E-state index contributed by atoms with van der Waals surface area (Å²) < 4.78 is 6.20. The van der Waals surface area contributed by atoms with Crippen LogP contribution in [0.5, 0.6) is 0 Å². The number of amidine groups is 2. The molecule has 3 unspecified atom stereocenters. The molecule has 1 fully saturated rings. The van der Waals surface area contributed by atoms with E-state index >= 15 is 0 Å². The number of rotatable bonds is 5. The third-order valence-electron chi connectivity index (χ3n) is 4.79. The highest BCUT2D eigenvalue weighted by Gasteiger charge is 2.43. The number of thioether (sulfide) groups is 1. The van der Waals surface area contributed by atoms with Crippen LogP contribution in [-0.2, 0) is 11.3 Å². The predicted octanol–water partition coefficient (Wildman–Crippen LogP) is 2.68. The molecule has 1 aromatic carbocycles. The summed E-state index contributed by atoms with van der Waals surface area (Å²) in [5.74, 6) is 1.14. The number of furan rings is 1. The number of hydrogen-bond donors (Lipinski definition) is 4. The molecule has 0 aliphatic carbocycles. The molecule has 3 atom stereocenters. The lowest BCUT2D eigenvalue weighted by molar-refractivity contribution is -0.118. The molecule has 4 N–H and O–H groups in total. The Bertz CT molecular complexity index is 917. The van der Waals surface area contributed by atoms with Gasteiger partial charge in [-0.3, -0.25) is 20.5 Å². The highest BCUT2D eigenvalue weighted by Crippen LogP contribution is 2.32. The summed E-state index contributed by atoms with van der Waals surface area (Å²) in [6.45, 7) is 2.38. The Labute approximate surface area is 181 Å². The number of nitrogens with zero attached hydrogens (tertiary/aromatic N) is 2. The summed E-state index contributed by atoms with van der Waals surface area (Å²) in [5.41, 5.74) is 7.15. The molecule has 152 valence electrons. The molecule has 2 aliphatic heterocycles. The molecule has 10 heteroatoms. The van der Waals surface area contributed by atoms with Gasteiger partial charge in [0.1, 0.15) is 17.8 Å². The zero-order valence-electron chi connectivity index (χ0n) is 15.7. The van der Waals surface area contributed by atoms with E-state index in [4.69, 9.17) is 14.8 Å². The monoisotopic (exact) mass is 476 g/mol. The van der Waals surface area contributed by atoms with Gasteiger partial charge in [-0.1, -0.05) is 27.7 Å². The highest BCUT2D eigenvalue weighted by molar-refractivity contribution is 9.10. The van der Waals surface area contributed by atoms with Gasteiger partial charge in [-0.2, -0.15) is 0 Å². The minimum Gasteiger partial charge on any atom is -0.467 e. The van der Waals surface area contributed by atoms with Crippen molar-refractivity contribution in [2.24, 2.45) is 10.9 Å². The van der Waals surface area contributed by atoms with Crippen molar-refractivity contribution in [1.82, 2.24) is 16.2 Å². The summed E-state index contributed by atoms with van der Waals surface area (Å²) in [6.07, 6.45) is 1.35. The number of benzene rings is 1. The fourth-order valence-electron chi connectivity index (χ4n) is 3.32. The van der Waals surface area contributed by atoms with Crippen LogP contribution in [0.2, 0.25) is 0 Å². The molecular formula is C19H21BrN6O2S. The number of hydrazine groups is 1. The fraction of sp³-hybridized carbons (Fsp3) is 0.316. The van der Waals surface area contributed by atoms with Gasteiger partial charge in [-0.25, -0.2) is 10.4 Å². The molecule has 2 aromatic rings. The van der Waals surface area contributed by atoms with Crippen molar-refractivity contribution >= 4 is 50.3 Å². The molecule has 0 spiro atoms. The standard InChI is InChI=1S/C19H21BrN6O2S/c1-11-16-17(21)26(13-6-4-12(20)5-7-13)19(23-18(16)25-24-11)29-10-15(27)22-9-14-3-2-8-28-14/h2-8,11,16,18,21,24-25H,9-10H2,1H3,(H,22,27). The van der Waals surface area contributed by atoms with Gasteiger partial charge in [0.05, 0.1) is 24.5 Å². The number of aliphatic imine (C=N–C) groups is 1. The number of halogens is 1. The number of hydrogen-bond acceptors (Lipinski definition) is 7. The largest absolute Gasteiger partial charge is 0.467 e.